The summed E-state index contributed by atoms with van der Waals surface area (Å²) in [5, 5.41) is 14.0. The van der Waals surface area contributed by atoms with Crippen molar-refractivity contribution >= 4 is 13.7 Å². The summed E-state index contributed by atoms with van der Waals surface area (Å²) in [6.07, 6.45) is 61.0. The second-order valence-electron chi connectivity index (χ2n) is 21.7. The van der Waals surface area contributed by atoms with Crippen molar-refractivity contribution in [1.29, 1.82) is 0 Å². The molecule has 0 aliphatic rings. The van der Waals surface area contributed by atoms with Crippen molar-refractivity contribution in [2.45, 2.75) is 315 Å². The summed E-state index contributed by atoms with van der Waals surface area (Å²) in [7, 11) is 1.32. The topological polar surface area (TPSA) is 108 Å². The number of rotatable bonds is 55. The summed E-state index contributed by atoms with van der Waals surface area (Å²) in [6.45, 7) is 4.77. The molecule has 0 rings (SSSR count). The monoisotopic (exact) mass is 969 g/mol. The number of aliphatic hydroxyl groups excluding tert-OH is 1. The van der Waals surface area contributed by atoms with E-state index in [1.54, 1.807) is 0 Å². The zero-order chi connectivity index (χ0) is 49.2. The summed E-state index contributed by atoms with van der Waals surface area (Å²) in [6, 6.07) is -0.799. The van der Waals surface area contributed by atoms with Gasteiger partial charge in [-0.2, -0.15) is 0 Å². The van der Waals surface area contributed by atoms with E-state index in [2.05, 4.69) is 31.3 Å². The van der Waals surface area contributed by atoms with Crippen LogP contribution in [0.3, 0.4) is 0 Å². The first-order chi connectivity index (χ1) is 32.5. The van der Waals surface area contributed by atoms with Crippen LogP contribution in [0.2, 0.25) is 0 Å². The smallest absolute Gasteiger partial charge is 0.268 e. The average molecular weight is 970 g/mol. The van der Waals surface area contributed by atoms with E-state index in [-0.39, 0.29) is 19.1 Å². The van der Waals surface area contributed by atoms with Gasteiger partial charge in [-0.05, 0) is 38.5 Å². The van der Waals surface area contributed by atoms with Gasteiger partial charge in [-0.15, -0.1) is 0 Å². The van der Waals surface area contributed by atoms with Gasteiger partial charge in [0.05, 0.1) is 39.9 Å². The number of hydrogen-bond donors (Lipinski definition) is 2. The highest BCUT2D eigenvalue weighted by molar-refractivity contribution is 7.45. The summed E-state index contributed by atoms with van der Waals surface area (Å²) < 4.78 is 23.4. The van der Waals surface area contributed by atoms with E-state index >= 15 is 0 Å². The molecule has 3 atom stereocenters. The number of carbonyl (C=O) groups is 1. The fourth-order valence-corrected chi connectivity index (χ4v) is 9.82. The lowest BCUT2D eigenvalue weighted by Crippen LogP contribution is -2.46. The molecule has 0 aromatic heterocycles. The van der Waals surface area contributed by atoms with E-state index in [1.807, 2.05) is 21.1 Å². The number of likely N-dealkylation sites (N-methyl/N-ethyl adjacent to an activating group) is 1. The lowest BCUT2D eigenvalue weighted by molar-refractivity contribution is -0.870. The Morgan fingerprint density at radius 3 is 1.16 bits per heavy atom. The Hall–Kier alpha value is -0.760. The second kappa shape index (κ2) is 50.2. The largest absolute Gasteiger partial charge is 0.756 e. The minimum Gasteiger partial charge on any atom is -0.756 e. The molecule has 1 amide bonds. The van der Waals surface area contributed by atoms with Crippen molar-refractivity contribution in [3.8, 4) is 0 Å². The van der Waals surface area contributed by atoms with Crippen LogP contribution < -0.4 is 10.2 Å². The van der Waals surface area contributed by atoms with Crippen LogP contribution in [0, 0.1) is 0 Å². The molecule has 400 valence electrons. The summed E-state index contributed by atoms with van der Waals surface area (Å²) in [5.41, 5.74) is 0. The van der Waals surface area contributed by atoms with Crippen molar-refractivity contribution in [3.05, 3.63) is 12.2 Å². The van der Waals surface area contributed by atoms with Crippen LogP contribution in [0.15, 0.2) is 12.2 Å². The normalized spacial score (nSPS) is 14.0. The molecule has 0 heterocycles. The first-order valence-corrected chi connectivity index (χ1v) is 31.0. The van der Waals surface area contributed by atoms with Gasteiger partial charge in [-0.25, -0.2) is 0 Å². The Morgan fingerprint density at radius 1 is 0.507 bits per heavy atom. The van der Waals surface area contributed by atoms with Crippen molar-refractivity contribution in [2.24, 2.45) is 0 Å². The highest BCUT2D eigenvalue weighted by atomic mass is 31.2. The number of nitrogens with one attached hydrogen (secondary N) is 1. The zero-order valence-corrected chi connectivity index (χ0v) is 46.5. The molecule has 0 fully saturated rings. The maximum absolute atomic E-state index is 13.0. The number of quaternary nitrogens is 1. The molecule has 0 spiro atoms. The van der Waals surface area contributed by atoms with E-state index in [0.29, 0.717) is 23.9 Å². The minimum atomic E-state index is -4.57. The maximum atomic E-state index is 13.0. The molecule has 0 bridgehead atoms. The number of amides is 1. The van der Waals surface area contributed by atoms with E-state index < -0.39 is 20.0 Å². The SMILES string of the molecule is CCCCCCCCCC/C=C\CCCCCCCCCCCC(=O)NC(COP(=O)([O-])OCC[N+](C)(C)C)C(O)CCCCCCCCCCCCCCCCCCCCCCCCCC. The number of unbranched alkanes of at least 4 members (excludes halogenated alkanes) is 40. The van der Waals surface area contributed by atoms with Crippen molar-refractivity contribution in [2.75, 3.05) is 40.9 Å². The molecule has 8 nitrogen and oxygen atoms in total. The number of nitrogens with zero attached hydrogens (tertiary/aromatic N) is 1. The Bertz CT molecular complexity index is 1100. The Balaban J connectivity index is 4.14. The van der Waals surface area contributed by atoms with Crippen molar-refractivity contribution in [1.82, 2.24) is 5.32 Å². The average Bonchev–Trinajstić information content (AvgIpc) is 3.29. The Labute approximate surface area is 418 Å². The molecule has 0 saturated heterocycles. The molecule has 3 unspecified atom stereocenters. The maximum Gasteiger partial charge on any atom is 0.268 e. The van der Waals surface area contributed by atoms with E-state index in [1.165, 1.54) is 238 Å². The highest BCUT2D eigenvalue weighted by Gasteiger charge is 2.24. The molecular weight excluding hydrogens is 852 g/mol. The zero-order valence-electron chi connectivity index (χ0n) is 45.6. The van der Waals surface area contributed by atoms with Crippen molar-refractivity contribution < 1.29 is 32.9 Å². The summed E-state index contributed by atoms with van der Waals surface area (Å²) in [5.74, 6) is -0.161. The predicted molar refractivity (Wildman–Crippen MR) is 289 cm³/mol. The van der Waals surface area contributed by atoms with Gasteiger partial charge in [-0.3, -0.25) is 9.36 Å². The fraction of sp³-hybridized carbons (Fsp3) is 0.948. The minimum absolute atomic E-state index is 0.0144. The standard InChI is InChI=1S/C58H117N2O6P/c1-6-8-10-12-14-16-18-20-22-24-26-28-29-30-32-33-35-37-39-41-43-45-47-49-51-57(61)56(55-66-67(63,64)65-54-53-60(3,4)5)59-58(62)52-50-48-46-44-42-40-38-36-34-31-27-25-23-21-19-17-15-13-11-9-7-2/h25,27,56-57,61H,6-24,26,28-55H2,1-5H3,(H-,59,62,63,64)/b27-25-. The number of phosphoric acid groups is 1. The van der Waals surface area contributed by atoms with Crippen LogP contribution in [0.25, 0.3) is 0 Å². The van der Waals surface area contributed by atoms with Gasteiger partial charge in [0, 0.05) is 6.42 Å². The van der Waals surface area contributed by atoms with Crippen LogP contribution in [0.5, 0.6) is 0 Å². The summed E-state index contributed by atoms with van der Waals surface area (Å²) >= 11 is 0. The first kappa shape index (κ1) is 66.2. The van der Waals surface area contributed by atoms with Crippen LogP contribution in [-0.2, 0) is 18.4 Å². The number of phosphoric ester groups is 1. The Kier molecular flexibility index (Phi) is 49.6. The van der Waals surface area contributed by atoms with Crippen molar-refractivity contribution in [3.63, 3.8) is 0 Å². The Morgan fingerprint density at radius 2 is 0.821 bits per heavy atom. The number of hydrogen-bond acceptors (Lipinski definition) is 6. The molecule has 2 N–H and O–H groups in total. The van der Waals surface area contributed by atoms with Crippen LogP contribution in [0.1, 0.15) is 303 Å². The van der Waals surface area contributed by atoms with Gasteiger partial charge in [0.2, 0.25) is 5.91 Å². The molecule has 9 heteroatoms. The third-order valence-electron chi connectivity index (χ3n) is 13.8. The third kappa shape index (κ3) is 52.9. The highest BCUT2D eigenvalue weighted by Crippen LogP contribution is 2.38. The van der Waals surface area contributed by atoms with Gasteiger partial charge in [0.1, 0.15) is 13.2 Å². The van der Waals surface area contributed by atoms with Crippen LogP contribution >= 0.6 is 7.82 Å². The molecule has 0 saturated carbocycles. The number of allylic oxidation sites excluding steroid dienone is 2. The van der Waals surface area contributed by atoms with Gasteiger partial charge < -0.3 is 28.8 Å². The van der Waals surface area contributed by atoms with E-state index in [0.717, 1.165) is 38.5 Å². The number of carbonyl (C=O) groups excluding carboxylic acids is 1. The molecular formula is C58H117N2O6P. The number of aliphatic hydroxyl groups is 1. The van der Waals surface area contributed by atoms with Gasteiger partial charge in [0.25, 0.3) is 7.82 Å². The molecule has 0 aromatic carbocycles. The van der Waals surface area contributed by atoms with E-state index in [9.17, 15) is 19.4 Å². The lowest BCUT2D eigenvalue weighted by atomic mass is 10.0. The third-order valence-corrected chi connectivity index (χ3v) is 14.7. The van der Waals surface area contributed by atoms with Crippen LogP contribution in [-0.4, -0.2) is 68.5 Å². The molecule has 0 aliphatic carbocycles. The molecule has 0 aliphatic heterocycles. The summed E-state index contributed by atoms with van der Waals surface area (Å²) in [4.78, 5) is 25.5. The predicted octanol–water partition coefficient (Wildman–Crippen LogP) is 17.2. The lowest BCUT2D eigenvalue weighted by Gasteiger charge is -2.30. The first-order valence-electron chi connectivity index (χ1n) is 29.5. The quantitative estimate of drug-likeness (QED) is 0.0272. The molecule has 0 radical (unpaired) electrons. The second-order valence-corrected chi connectivity index (χ2v) is 23.1. The molecule has 0 aromatic rings. The van der Waals surface area contributed by atoms with Gasteiger partial charge >= 0.3 is 0 Å². The fourth-order valence-electron chi connectivity index (χ4n) is 9.10. The van der Waals surface area contributed by atoms with Gasteiger partial charge in [0.15, 0.2) is 0 Å². The molecule has 67 heavy (non-hydrogen) atoms. The van der Waals surface area contributed by atoms with Gasteiger partial charge in [-0.1, -0.05) is 270 Å². The van der Waals surface area contributed by atoms with Crippen LogP contribution in [0.4, 0.5) is 0 Å². The van der Waals surface area contributed by atoms with E-state index in [4.69, 9.17) is 9.05 Å².